The van der Waals surface area contributed by atoms with Crippen molar-refractivity contribution < 1.29 is 4.39 Å². The van der Waals surface area contributed by atoms with Gasteiger partial charge in [-0.15, -0.1) is 0 Å². The first-order valence-corrected chi connectivity index (χ1v) is 8.21. The van der Waals surface area contributed by atoms with E-state index in [9.17, 15) is 4.39 Å². The van der Waals surface area contributed by atoms with Crippen LogP contribution in [0.2, 0.25) is 0 Å². The highest BCUT2D eigenvalue weighted by molar-refractivity contribution is 5.90. The Bertz CT molecular complexity index is 873. The van der Waals surface area contributed by atoms with Gasteiger partial charge in [-0.2, -0.15) is 0 Å². The van der Waals surface area contributed by atoms with Crippen molar-refractivity contribution in [3.05, 3.63) is 65.7 Å². The van der Waals surface area contributed by atoms with Gasteiger partial charge >= 0.3 is 0 Å². The molecule has 0 unspecified atom stereocenters. The molecule has 1 N–H and O–H groups in total. The average molecular weight is 336 g/mol. The summed E-state index contributed by atoms with van der Waals surface area (Å²) in [6.07, 6.45) is 3.73. The van der Waals surface area contributed by atoms with E-state index in [1.54, 1.807) is 12.1 Å². The Morgan fingerprint density at radius 1 is 1.00 bits per heavy atom. The Hall–Kier alpha value is -2.79. The molecule has 3 aromatic rings. The molecule has 0 aliphatic carbocycles. The molecule has 1 heterocycles. The number of likely N-dealkylation sites (N-methyl/N-ethyl adjacent to an activating group) is 1. The number of para-hydroxylation sites is 1. The molecule has 1 aromatic heterocycles. The van der Waals surface area contributed by atoms with Crippen LogP contribution in [0, 0.1) is 5.82 Å². The van der Waals surface area contributed by atoms with Crippen LogP contribution in [-0.2, 0) is 0 Å². The van der Waals surface area contributed by atoms with Gasteiger partial charge in [0.05, 0.1) is 5.52 Å². The highest BCUT2D eigenvalue weighted by Crippen LogP contribution is 2.20. The Labute approximate surface area is 147 Å². The lowest BCUT2D eigenvalue weighted by Crippen LogP contribution is -2.21. The lowest BCUT2D eigenvalue weighted by atomic mass is 10.2. The zero-order chi connectivity index (χ0) is 17.6. The molecular formula is C20H21FN4. The fourth-order valence-electron chi connectivity index (χ4n) is 2.45. The second kappa shape index (κ2) is 7.85. The van der Waals surface area contributed by atoms with E-state index in [1.165, 1.54) is 12.1 Å². The zero-order valence-corrected chi connectivity index (χ0v) is 14.4. The molecule has 0 saturated carbocycles. The third-order valence-corrected chi connectivity index (χ3v) is 3.77. The quantitative estimate of drug-likeness (QED) is 0.741. The monoisotopic (exact) mass is 336 g/mol. The summed E-state index contributed by atoms with van der Waals surface area (Å²) in [6.45, 7) is 1.72. The van der Waals surface area contributed by atoms with E-state index in [0.717, 1.165) is 35.4 Å². The van der Waals surface area contributed by atoms with E-state index in [4.69, 9.17) is 0 Å². The second-order valence-corrected chi connectivity index (χ2v) is 6.06. The molecule has 5 heteroatoms. The number of aromatic nitrogens is 2. The number of fused-ring (bicyclic) bond motifs is 1. The zero-order valence-electron chi connectivity index (χ0n) is 14.4. The van der Waals surface area contributed by atoms with E-state index in [-0.39, 0.29) is 5.82 Å². The van der Waals surface area contributed by atoms with Crippen LogP contribution >= 0.6 is 0 Å². The SMILES string of the molecule is CN(C)CCNc1nc(C=Cc2ccc(F)cc2)nc2ccccc12. The van der Waals surface area contributed by atoms with Crippen LogP contribution in [0.3, 0.4) is 0 Å². The minimum atomic E-state index is -0.244. The number of benzene rings is 2. The summed E-state index contributed by atoms with van der Waals surface area (Å²) in [5, 5.41) is 4.39. The van der Waals surface area contributed by atoms with Gasteiger partial charge in [-0.25, -0.2) is 14.4 Å². The molecular weight excluding hydrogens is 315 g/mol. The van der Waals surface area contributed by atoms with Crippen LogP contribution in [-0.4, -0.2) is 42.1 Å². The molecule has 0 spiro atoms. The molecule has 0 fully saturated rings. The first kappa shape index (κ1) is 17.0. The summed E-state index contributed by atoms with van der Waals surface area (Å²) >= 11 is 0. The summed E-state index contributed by atoms with van der Waals surface area (Å²) in [5.41, 5.74) is 1.80. The van der Waals surface area contributed by atoms with Gasteiger partial charge < -0.3 is 10.2 Å². The predicted molar refractivity (Wildman–Crippen MR) is 102 cm³/mol. The Kier molecular flexibility index (Phi) is 5.36. The van der Waals surface area contributed by atoms with Gasteiger partial charge in [0.1, 0.15) is 11.6 Å². The van der Waals surface area contributed by atoms with Crippen molar-refractivity contribution in [2.75, 3.05) is 32.5 Å². The lowest BCUT2D eigenvalue weighted by Gasteiger charge is -2.12. The fraction of sp³-hybridized carbons (Fsp3) is 0.200. The van der Waals surface area contributed by atoms with Crippen LogP contribution in [0.4, 0.5) is 10.2 Å². The highest BCUT2D eigenvalue weighted by Gasteiger charge is 2.05. The normalized spacial score (nSPS) is 11.5. The van der Waals surface area contributed by atoms with Gasteiger partial charge in [-0.3, -0.25) is 0 Å². The van der Waals surface area contributed by atoms with Gasteiger partial charge in [-0.05, 0) is 50.0 Å². The first-order valence-electron chi connectivity index (χ1n) is 8.21. The van der Waals surface area contributed by atoms with Crippen molar-refractivity contribution in [3.63, 3.8) is 0 Å². The molecule has 128 valence electrons. The van der Waals surface area contributed by atoms with Crippen LogP contribution < -0.4 is 5.32 Å². The van der Waals surface area contributed by atoms with Crippen LogP contribution in [0.5, 0.6) is 0 Å². The molecule has 3 rings (SSSR count). The Morgan fingerprint density at radius 3 is 2.52 bits per heavy atom. The third-order valence-electron chi connectivity index (χ3n) is 3.77. The summed E-state index contributed by atoms with van der Waals surface area (Å²) in [7, 11) is 4.08. The standard InChI is InChI=1S/C20H21FN4/c1-25(2)14-13-22-20-17-5-3-4-6-18(17)23-19(24-20)12-9-15-7-10-16(21)11-8-15/h3-12H,13-14H2,1-2H3,(H,22,23,24). The number of nitrogens with one attached hydrogen (secondary N) is 1. The highest BCUT2D eigenvalue weighted by atomic mass is 19.1. The lowest BCUT2D eigenvalue weighted by molar-refractivity contribution is 0.425. The predicted octanol–water partition coefficient (Wildman–Crippen LogP) is 3.91. The van der Waals surface area contributed by atoms with Gasteiger partial charge in [0.15, 0.2) is 5.82 Å². The molecule has 0 atom stereocenters. The fourth-order valence-corrected chi connectivity index (χ4v) is 2.45. The van der Waals surface area contributed by atoms with Crippen LogP contribution in [0.25, 0.3) is 23.1 Å². The van der Waals surface area contributed by atoms with Crippen molar-refractivity contribution in [1.82, 2.24) is 14.9 Å². The van der Waals surface area contributed by atoms with Crippen molar-refractivity contribution in [2.45, 2.75) is 0 Å². The smallest absolute Gasteiger partial charge is 0.154 e. The number of halogens is 1. The second-order valence-electron chi connectivity index (χ2n) is 6.06. The molecule has 2 aromatic carbocycles. The van der Waals surface area contributed by atoms with Gasteiger partial charge in [0.25, 0.3) is 0 Å². The largest absolute Gasteiger partial charge is 0.368 e. The summed E-state index contributed by atoms with van der Waals surface area (Å²) in [4.78, 5) is 11.3. The molecule has 25 heavy (non-hydrogen) atoms. The van der Waals surface area contributed by atoms with Crippen LogP contribution in [0.15, 0.2) is 48.5 Å². The van der Waals surface area contributed by atoms with Crippen molar-refractivity contribution >= 4 is 28.9 Å². The third kappa shape index (κ3) is 4.61. The molecule has 0 aliphatic rings. The Morgan fingerprint density at radius 2 is 1.76 bits per heavy atom. The molecule has 0 radical (unpaired) electrons. The maximum absolute atomic E-state index is 13.0. The van der Waals surface area contributed by atoms with E-state index >= 15 is 0 Å². The average Bonchev–Trinajstić information content (AvgIpc) is 2.61. The van der Waals surface area contributed by atoms with E-state index in [1.807, 2.05) is 50.5 Å². The van der Waals surface area contributed by atoms with Crippen molar-refractivity contribution in [3.8, 4) is 0 Å². The molecule has 0 aliphatic heterocycles. The van der Waals surface area contributed by atoms with Crippen LogP contribution in [0.1, 0.15) is 11.4 Å². The van der Waals surface area contributed by atoms with Gasteiger partial charge in [0.2, 0.25) is 0 Å². The number of hydrogen-bond donors (Lipinski definition) is 1. The number of anilines is 1. The van der Waals surface area contributed by atoms with Crippen molar-refractivity contribution in [2.24, 2.45) is 0 Å². The summed E-state index contributed by atoms with van der Waals surface area (Å²) in [5.74, 6) is 1.20. The maximum atomic E-state index is 13.0. The number of nitrogens with zero attached hydrogens (tertiary/aromatic N) is 3. The number of hydrogen-bond acceptors (Lipinski definition) is 4. The molecule has 0 amide bonds. The van der Waals surface area contributed by atoms with Gasteiger partial charge in [-0.1, -0.05) is 30.3 Å². The minimum absolute atomic E-state index is 0.244. The minimum Gasteiger partial charge on any atom is -0.368 e. The van der Waals surface area contributed by atoms with E-state index in [2.05, 4.69) is 20.2 Å². The Balaban J connectivity index is 1.88. The molecule has 0 saturated heterocycles. The van der Waals surface area contributed by atoms with E-state index < -0.39 is 0 Å². The summed E-state index contributed by atoms with van der Waals surface area (Å²) < 4.78 is 13.0. The number of rotatable bonds is 6. The summed E-state index contributed by atoms with van der Waals surface area (Å²) in [6, 6.07) is 14.3. The molecule has 0 bridgehead atoms. The molecule has 4 nitrogen and oxygen atoms in total. The van der Waals surface area contributed by atoms with Gasteiger partial charge in [0, 0.05) is 18.5 Å². The van der Waals surface area contributed by atoms with E-state index in [0.29, 0.717) is 5.82 Å². The first-order chi connectivity index (χ1) is 12.1. The topological polar surface area (TPSA) is 41.0 Å². The maximum Gasteiger partial charge on any atom is 0.154 e. The van der Waals surface area contributed by atoms with Crippen molar-refractivity contribution in [1.29, 1.82) is 0 Å².